The van der Waals surface area contributed by atoms with Crippen LogP contribution in [0, 0.1) is 0 Å². The van der Waals surface area contributed by atoms with E-state index in [1.807, 2.05) is 23.5 Å². The van der Waals surface area contributed by atoms with Crippen molar-refractivity contribution in [3.63, 3.8) is 0 Å². The summed E-state index contributed by atoms with van der Waals surface area (Å²) in [6.07, 6.45) is 1.93. The van der Waals surface area contributed by atoms with Crippen molar-refractivity contribution in [3.05, 3.63) is 11.7 Å². The normalized spacial score (nSPS) is 23.2. The number of hydrogen-bond donors (Lipinski definition) is 1. The quantitative estimate of drug-likeness (QED) is 0.895. The maximum Gasteiger partial charge on any atom is 0.243 e. The molecule has 1 saturated heterocycles. The van der Waals surface area contributed by atoms with Crippen LogP contribution < -0.4 is 5.73 Å². The largest absolute Gasteiger partial charge is 0.338 e. The highest BCUT2D eigenvalue weighted by molar-refractivity contribution is 8.06. The van der Waals surface area contributed by atoms with Gasteiger partial charge in [0.05, 0.1) is 11.3 Å². The molecule has 2 unspecified atom stereocenters. The number of aromatic nitrogens is 2. The van der Waals surface area contributed by atoms with E-state index in [1.54, 1.807) is 0 Å². The van der Waals surface area contributed by atoms with Crippen molar-refractivity contribution >= 4 is 23.5 Å². The molecule has 4 nitrogen and oxygen atoms in total. The molecule has 1 aromatic rings. The molecule has 0 bridgehead atoms. The van der Waals surface area contributed by atoms with Crippen LogP contribution in [-0.4, -0.2) is 27.4 Å². The molecule has 0 aromatic carbocycles. The van der Waals surface area contributed by atoms with Gasteiger partial charge in [0.15, 0.2) is 5.82 Å². The fourth-order valence-corrected chi connectivity index (χ4v) is 4.19. The van der Waals surface area contributed by atoms with Crippen LogP contribution in [-0.2, 0) is 0 Å². The molecule has 0 spiro atoms. The minimum atomic E-state index is -0.104. The molecule has 0 saturated carbocycles. The molecule has 90 valence electrons. The molecule has 1 aromatic heterocycles. The molecule has 2 atom stereocenters. The Hall–Kier alpha value is -0.200. The number of nitrogens with two attached hydrogens (primary N) is 1. The van der Waals surface area contributed by atoms with E-state index in [-0.39, 0.29) is 6.04 Å². The third-order valence-electron chi connectivity index (χ3n) is 2.48. The van der Waals surface area contributed by atoms with E-state index < -0.39 is 0 Å². The molecule has 2 rings (SSSR count). The van der Waals surface area contributed by atoms with Gasteiger partial charge >= 0.3 is 0 Å². The Bertz CT molecular complexity index is 326. The molecule has 1 aliphatic heterocycles. The zero-order valence-corrected chi connectivity index (χ0v) is 11.0. The van der Waals surface area contributed by atoms with Crippen LogP contribution >= 0.6 is 23.5 Å². The average Bonchev–Trinajstić information content (AvgIpc) is 2.80. The highest BCUT2D eigenvalue weighted by atomic mass is 32.2. The van der Waals surface area contributed by atoms with Gasteiger partial charge in [-0.3, -0.25) is 0 Å². The summed E-state index contributed by atoms with van der Waals surface area (Å²) in [6.45, 7) is 2.10. The van der Waals surface area contributed by atoms with Crippen LogP contribution in [0.5, 0.6) is 0 Å². The second-order valence-electron chi connectivity index (χ2n) is 3.82. The monoisotopic (exact) mass is 259 g/mol. The first-order chi connectivity index (χ1) is 7.81. The van der Waals surface area contributed by atoms with E-state index in [0.717, 1.165) is 24.4 Å². The maximum atomic E-state index is 5.94. The molecule has 0 aliphatic carbocycles. The van der Waals surface area contributed by atoms with Crippen molar-refractivity contribution in [2.24, 2.45) is 5.73 Å². The second-order valence-corrected chi connectivity index (χ2v) is 6.28. The van der Waals surface area contributed by atoms with Gasteiger partial charge in [0.2, 0.25) is 5.89 Å². The summed E-state index contributed by atoms with van der Waals surface area (Å²) >= 11 is 3.86. The Morgan fingerprint density at radius 2 is 2.44 bits per heavy atom. The number of nitrogens with zero attached hydrogens (tertiary/aromatic N) is 2. The van der Waals surface area contributed by atoms with Gasteiger partial charge in [-0.05, 0) is 6.42 Å². The molecule has 0 amide bonds. The lowest BCUT2D eigenvalue weighted by molar-refractivity contribution is 0.344. The fourth-order valence-electron chi connectivity index (χ4n) is 1.60. The predicted octanol–water partition coefficient (Wildman–Crippen LogP) is 2.39. The van der Waals surface area contributed by atoms with Gasteiger partial charge in [-0.25, -0.2) is 0 Å². The molecule has 16 heavy (non-hydrogen) atoms. The minimum Gasteiger partial charge on any atom is -0.338 e. The Labute approximate surface area is 104 Å². The number of rotatable bonds is 4. The minimum absolute atomic E-state index is 0.104. The lowest BCUT2D eigenvalue weighted by Gasteiger charge is -2.17. The van der Waals surface area contributed by atoms with Crippen molar-refractivity contribution in [1.82, 2.24) is 10.1 Å². The summed E-state index contributed by atoms with van der Waals surface area (Å²) in [5.41, 5.74) is 5.94. The maximum absolute atomic E-state index is 5.94. The Kier molecular flexibility index (Phi) is 4.55. The van der Waals surface area contributed by atoms with E-state index in [1.165, 1.54) is 11.5 Å². The van der Waals surface area contributed by atoms with E-state index in [9.17, 15) is 0 Å². The topological polar surface area (TPSA) is 64.9 Å². The van der Waals surface area contributed by atoms with Gasteiger partial charge in [0.25, 0.3) is 0 Å². The Morgan fingerprint density at radius 1 is 1.56 bits per heavy atom. The van der Waals surface area contributed by atoms with Crippen LogP contribution in [0.4, 0.5) is 0 Å². The van der Waals surface area contributed by atoms with Gasteiger partial charge in [0.1, 0.15) is 0 Å². The molecule has 1 fully saturated rings. The lowest BCUT2D eigenvalue weighted by atomic mass is 10.2. The van der Waals surface area contributed by atoms with Crippen molar-refractivity contribution in [2.45, 2.75) is 31.1 Å². The molecule has 1 aliphatic rings. The van der Waals surface area contributed by atoms with Gasteiger partial charge in [-0.1, -0.05) is 18.5 Å². The number of thioether (sulfide) groups is 2. The van der Waals surface area contributed by atoms with Crippen LogP contribution in [0.15, 0.2) is 4.52 Å². The van der Waals surface area contributed by atoms with E-state index in [4.69, 9.17) is 10.3 Å². The van der Waals surface area contributed by atoms with E-state index in [2.05, 4.69) is 17.1 Å². The van der Waals surface area contributed by atoms with Crippen molar-refractivity contribution in [3.8, 4) is 0 Å². The summed E-state index contributed by atoms with van der Waals surface area (Å²) in [6, 6.07) is -0.104. The highest BCUT2D eigenvalue weighted by Crippen LogP contribution is 2.35. The first-order valence-corrected chi connectivity index (χ1v) is 7.80. The molecular weight excluding hydrogens is 242 g/mol. The first-order valence-electron chi connectivity index (χ1n) is 5.59. The molecular formula is C10H17N3OS2. The van der Waals surface area contributed by atoms with Gasteiger partial charge in [-0.2, -0.15) is 16.7 Å². The van der Waals surface area contributed by atoms with Gasteiger partial charge in [-0.15, -0.1) is 11.8 Å². The van der Waals surface area contributed by atoms with Crippen molar-refractivity contribution in [1.29, 1.82) is 0 Å². The summed E-state index contributed by atoms with van der Waals surface area (Å²) in [7, 11) is 0. The lowest BCUT2D eigenvalue weighted by Crippen LogP contribution is -2.11. The molecule has 2 heterocycles. The van der Waals surface area contributed by atoms with Crippen LogP contribution in [0.2, 0.25) is 0 Å². The van der Waals surface area contributed by atoms with E-state index >= 15 is 0 Å². The summed E-state index contributed by atoms with van der Waals surface area (Å²) in [5.74, 6) is 4.88. The Morgan fingerprint density at radius 3 is 3.12 bits per heavy atom. The molecule has 2 N–H and O–H groups in total. The van der Waals surface area contributed by atoms with Gasteiger partial charge in [0, 0.05) is 17.3 Å². The van der Waals surface area contributed by atoms with Crippen molar-refractivity contribution < 1.29 is 4.52 Å². The summed E-state index contributed by atoms with van der Waals surface area (Å²) in [4.78, 5) is 4.42. The zero-order chi connectivity index (χ0) is 11.4. The average molecular weight is 259 g/mol. The highest BCUT2D eigenvalue weighted by Gasteiger charge is 2.23. The standard InChI is InChI=1S/C10H17N3OS2/c1-2-3-7(11)10-12-9(13-14-10)8-6-15-4-5-16-8/h7-8H,2-6,11H2,1H3. The molecule has 6 heteroatoms. The second kappa shape index (κ2) is 5.93. The fraction of sp³-hybridized carbons (Fsp3) is 0.800. The van der Waals surface area contributed by atoms with E-state index in [0.29, 0.717) is 11.1 Å². The molecule has 0 radical (unpaired) electrons. The third-order valence-corrected chi connectivity index (χ3v) is 5.23. The third kappa shape index (κ3) is 2.93. The Balaban J connectivity index is 2.00. The predicted molar refractivity (Wildman–Crippen MR) is 68.7 cm³/mol. The zero-order valence-electron chi connectivity index (χ0n) is 9.39. The SMILES string of the molecule is CCCC(N)c1nc(C2CSCCS2)no1. The number of hydrogen-bond acceptors (Lipinski definition) is 6. The van der Waals surface area contributed by atoms with Crippen LogP contribution in [0.3, 0.4) is 0 Å². The summed E-state index contributed by atoms with van der Waals surface area (Å²) in [5, 5.41) is 4.42. The smallest absolute Gasteiger partial charge is 0.243 e. The van der Waals surface area contributed by atoms with Crippen molar-refractivity contribution in [2.75, 3.05) is 17.3 Å². The summed E-state index contributed by atoms with van der Waals surface area (Å²) < 4.78 is 5.22. The van der Waals surface area contributed by atoms with Gasteiger partial charge < -0.3 is 10.3 Å². The van der Waals surface area contributed by atoms with Crippen LogP contribution in [0.25, 0.3) is 0 Å². The van der Waals surface area contributed by atoms with Crippen LogP contribution in [0.1, 0.15) is 42.8 Å². The first kappa shape index (κ1) is 12.3.